The van der Waals surface area contributed by atoms with Crippen molar-refractivity contribution in [3.63, 3.8) is 0 Å². The van der Waals surface area contributed by atoms with Crippen molar-refractivity contribution >= 4 is 6.29 Å². The largest absolute Gasteiger partial charge is 0.375 e. The van der Waals surface area contributed by atoms with Gasteiger partial charge in [0.15, 0.2) is 0 Å². The topological polar surface area (TPSA) is 26.3 Å². The minimum atomic E-state index is 0.0827. The van der Waals surface area contributed by atoms with Crippen LogP contribution in [0.3, 0.4) is 0 Å². The number of aldehydes is 1. The third-order valence-corrected chi connectivity index (χ3v) is 4.88. The van der Waals surface area contributed by atoms with Crippen LogP contribution in [0.5, 0.6) is 0 Å². The summed E-state index contributed by atoms with van der Waals surface area (Å²) in [4.78, 5) is 11.2. The van der Waals surface area contributed by atoms with Gasteiger partial charge in [0.2, 0.25) is 0 Å². The summed E-state index contributed by atoms with van der Waals surface area (Å²) < 4.78 is 6.01. The van der Waals surface area contributed by atoms with Crippen molar-refractivity contribution in [2.24, 2.45) is 11.3 Å². The minimum absolute atomic E-state index is 0.0827. The highest BCUT2D eigenvalue weighted by Crippen LogP contribution is 2.57. The Balaban J connectivity index is 1.73. The van der Waals surface area contributed by atoms with Crippen molar-refractivity contribution in [2.45, 2.75) is 57.0 Å². The molecule has 1 unspecified atom stereocenters. The molecule has 2 aliphatic carbocycles. The molecule has 0 bridgehead atoms. The molecule has 15 heavy (non-hydrogen) atoms. The molecule has 3 fully saturated rings. The Morgan fingerprint density at radius 3 is 2.47 bits per heavy atom. The van der Waals surface area contributed by atoms with E-state index in [2.05, 4.69) is 0 Å². The summed E-state index contributed by atoms with van der Waals surface area (Å²) in [5.41, 5.74) is 0.265. The van der Waals surface area contributed by atoms with Gasteiger partial charge < -0.3 is 9.53 Å². The maximum atomic E-state index is 11.2. The Morgan fingerprint density at radius 1 is 1.13 bits per heavy atom. The fraction of sp³-hybridized carbons (Fsp3) is 0.923. The Labute approximate surface area is 91.4 Å². The maximum Gasteiger partial charge on any atom is 0.126 e. The van der Waals surface area contributed by atoms with Crippen LogP contribution in [0.1, 0.15) is 51.4 Å². The number of hydrogen-bond acceptors (Lipinski definition) is 2. The average Bonchev–Trinajstić information content (AvgIpc) is 2.97. The lowest BCUT2D eigenvalue weighted by molar-refractivity contribution is -0.124. The van der Waals surface area contributed by atoms with E-state index in [9.17, 15) is 4.79 Å². The van der Waals surface area contributed by atoms with E-state index < -0.39 is 0 Å². The number of ether oxygens (including phenoxy) is 1. The summed E-state index contributed by atoms with van der Waals surface area (Å²) in [5.74, 6) is 0.627. The van der Waals surface area contributed by atoms with E-state index in [1.54, 1.807) is 0 Å². The first-order chi connectivity index (χ1) is 7.29. The fourth-order valence-electron chi connectivity index (χ4n) is 3.65. The summed E-state index contributed by atoms with van der Waals surface area (Å²) in [5, 5.41) is 0. The van der Waals surface area contributed by atoms with Crippen molar-refractivity contribution < 1.29 is 9.53 Å². The van der Waals surface area contributed by atoms with E-state index in [1.165, 1.54) is 32.0 Å². The van der Waals surface area contributed by atoms with Gasteiger partial charge in [-0.1, -0.05) is 12.8 Å². The van der Waals surface area contributed by atoms with Gasteiger partial charge in [-0.15, -0.1) is 0 Å². The highest BCUT2D eigenvalue weighted by atomic mass is 16.5. The Morgan fingerprint density at radius 2 is 1.87 bits per heavy atom. The van der Waals surface area contributed by atoms with Crippen LogP contribution in [0, 0.1) is 11.3 Å². The lowest BCUT2D eigenvalue weighted by atomic mass is 9.76. The molecule has 1 aliphatic heterocycles. The number of carbonyl (C=O) groups is 1. The van der Waals surface area contributed by atoms with Crippen LogP contribution in [-0.2, 0) is 9.53 Å². The lowest BCUT2D eigenvalue weighted by Crippen LogP contribution is -2.40. The van der Waals surface area contributed by atoms with Crippen molar-refractivity contribution in [3.05, 3.63) is 0 Å². The Hall–Kier alpha value is -0.370. The van der Waals surface area contributed by atoms with Crippen molar-refractivity contribution in [1.29, 1.82) is 0 Å². The van der Waals surface area contributed by atoms with Crippen LogP contribution < -0.4 is 0 Å². The lowest BCUT2D eigenvalue weighted by Gasteiger charge is -2.40. The SMILES string of the molecule is O=CC1(C2CCOC3(CCCC3)C2)CC1. The van der Waals surface area contributed by atoms with E-state index in [-0.39, 0.29) is 11.0 Å². The van der Waals surface area contributed by atoms with Crippen LogP contribution in [-0.4, -0.2) is 18.5 Å². The molecule has 1 spiro atoms. The molecule has 2 saturated carbocycles. The highest BCUT2D eigenvalue weighted by Gasteiger charge is 2.53. The molecule has 0 aromatic carbocycles. The van der Waals surface area contributed by atoms with Gasteiger partial charge in [-0.3, -0.25) is 0 Å². The van der Waals surface area contributed by atoms with Crippen molar-refractivity contribution in [1.82, 2.24) is 0 Å². The molecule has 3 aliphatic rings. The molecule has 3 rings (SSSR count). The summed E-state index contributed by atoms with van der Waals surface area (Å²) in [6.45, 7) is 0.889. The zero-order valence-corrected chi connectivity index (χ0v) is 9.34. The molecule has 0 aromatic rings. The predicted octanol–water partition coefficient (Wildman–Crippen LogP) is 2.70. The van der Waals surface area contributed by atoms with Crippen LogP contribution >= 0.6 is 0 Å². The molecular formula is C13H20O2. The highest BCUT2D eigenvalue weighted by molar-refractivity contribution is 5.64. The van der Waals surface area contributed by atoms with Crippen molar-refractivity contribution in [2.75, 3.05) is 6.61 Å². The zero-order chi connectivity index (χ0) is 10.4. The zero-order valence-electron chi connectivity index (χ0n) is 9.34. The van der Waals surface area contributed by atoms with Gasteiger partial charge in [0.05, 0.1) is 5.60 Å². The first-order valence-electron chi connectivity index (χ1n) is 6.39. The Bertz CT molecular complexity index is 262. The van der Waals surface area contributed by atoms with Crippen LogP contribution in [0.15, 0.2) is 0 Å². The molecule has 0 amide bonds. The van der Waals surface area contributed by atoms with Gasteiger partial charge in [-0.25, -0.2) is 0 Å². The van der Waals surface area contributed by atoms with E-state index in [4.69, 9.17) is 4.74 Å². The molecule has 84 valence electrons. The normalized spacial score (nSPS) is 36.7. The summed E-state index contributed by atoms with van der Waals surface area (Å²) >= 11 is 0. The second kappa shape index (κ2) is 3.31. The average molecular weight is 208 g/mol. The molecule has 1 atom stereocenters. The molecule has 2 heteroatoms. The smallest absolute Gasteiger partial charge is 0.126 e. The summed E-state index contributed by atoms with van der Waals surface area (Å²) in [7, 11) is 0. The molecule has 0 aromatic heterocycles. The van der Waals surface area contributed by atoms with E-state index in [1.807, 2.05) is 0 Å². The van der Waals surface area contributed by atoms with Gasteiger partial charge >= 0.3 is 0 Å². The maximum absolute atomic E-state index is 11.2. The monoisotopic (exact) mass is 208 g/mol. The van der Waals surface area contributed by atoms with E-state index >= 15 is 0 Å². The van der Waals surface area contributed by atoms with Gasteiger partial charge in [-0.2, -0.15) is 0 Å². The molecule has 1 saturated heterocycles. The number of carbonyl (C=O) groups excluding carboxylic acids is 1. The van der Waals surface area contributed by atoms with Gasteiger partial charge in [-0.05, 0) is 44.4 Å². The number of rotatable bonds is 2. The third kappa shape index (κ3) is 1.54. The predicted molar refractivity (Wildman–Crippen MR) is 57.6 cm³/mol. The summed E-state index contributed by atoms with van der Waals surface area (Å²) in [6.07, 6.45) is 10.9. The summed E-state index contributed by atoms with van der Waals surface area (Å²) in [6, 6.07) is 0. The van der Waals surface area contributed by atoms with Crippen molar-refractivity contribution in [3.8, 4) is 0 Å². The van der Waals surface area contributed by atoms with Gasteiger partial charge in [0, 0.05) is 12.0 Å². The van der Waals surface area contributed by atoms with Crippen LogP contribution in [0.4, 0.5) is 0 Å². The van der Waals surface area contributed by atoms with Gasteiger partial charge in [0.25, 0.3) is 0 Å². The second-order valence-electron chi connectivity index (χ2n) is 5.78. The Kier molecular flexibility index (Phi) is 2.17. The van der Waals surface area contributed by atoms with Crippen LogP contribution in [0.25, 0.3) is 0 Å². The van der Waals surface area contributed by atoms with E-state index in [0.717, 1.165) is 32.3 Å². The molecule has 0 N–H and O–H groups in total. The standard InChI is InChI=1S/C13H20O2/c14-10-12(6-7-12)11-3-8-15-13(9-11)4-1-2-5-13/h10-11H,1-9H2. The second-order valence-corrected chi connectivity index (χ2v) is 5.78. The quantitative estimate of drug-likeness (QED) is 0.652. The van der Waals surface area contributed by atoms with Crippen LogP contribution in [0.2, 0.25) is 0 Å². The molecule has 0 radical (unpaired) electrons. The van der Waals surface area contributed by atoms with E-state index in [0.29, 0.717) is 5.92 Å². The number of hydrogen-bond donors (Lipinski definition) is 0. The minimum Gasteiger partial charge on any atom is -0.375 e. The third-order valence-electron chi connectivity index (χ3n) is 4.88. The molecule has 1 heterocycles. The van der Waals surface area contributed by atoms with Gasteiger partial charge in [0.1, 0.15) is 6.29 Å². The first-order valence-corrected chi connectivity index (χ1v) is 6.39. The molecule has 2 nitrogen and oxygen atoms in total. The fourth-order valence-corrected chi connectivity index (χ4v) is 3.65. The first kappa shape index (κ1) is 9.83. The molecular weight excluding hydrogens is 188 g/mol.